The molecule has 0 unspecified atom stereocenters. The van der Waals surface area contributed by atoms with Gasteiger partial charge < -0.3 is 14.8 Å². The van der Waals surface area contributed by atoms with Crippen LogP contribution in [-0.4, -0.2) is 39.3 Å². The molecule has 0 aliphatic rings. The quantitative estimate of drug-likeness (QED) is 0.294. The van der Waals surface area contributed by atoms with Gasteiger partial charge in [0.2, 0.25) is 5.91 Å². The van der Waals surface area contributed by atoms with E-state index >= 15 is 0 Å². The summed E-state index contributed by atoms with van der Waals surface area (Å²) in [5, 5.41) is 3.12. The first kappa shape index (κ1) is 22.7. The lowest BCUT2D eigenvalue weighted by molar-refractivity contribution is -0.526. The summed E-state index contributed by atoms with van der Waals surface area (Å²) in [6.45, 7) is 0. The number of amides is 1. The molecule has 1 aromatic heterocycles. The number of fused-ring (bicyclic) bond motifs is 1. The summed E-state index contributed by atoms with van der Waals surface area (Å²) >= 11 is 1.09. The third-order valence-electron chi connectivity index (χ3n) is 4.85. The van der Waals surface area contributed by atoms with Crippen LogP contribution in [-0.2, 0) is 14.8 Å². The van der Waals surface area contributed by atoms with Crippen molar-refractivity contribution < 1.29 is 26.7 Å². The number of anilines is 1. The number of thioether (sulfide) groups is 1. The third-order valence-corrected chi connectivity index (χ3v) is 7.66. The van der Waals surface area contributed by atoms with Gasteiger partial charge in [-0.3, -0.25) is 4.79 Å². The van der Waals surface area contributed by atoms with Gasteiger partial charge in [0.15, 0.2) is 11.0 Å². The molecular formula is C23H22N3O5S2+. The molecule has 8 nitrogen and oxygen atoms in total. The van der Waals surface area contributed by atoms with Crippen LogP contribution in [0.25, 0.3) is 11.0 Å². The Balaban J connectivity index is 1.63. The number of benzene rings is 3. The van der Waals surface area contributed by atoms with Gasteiger partial charge in [0.05, 0.1) is 25.7 Å². The van der Waals surface area contributed by atoms with Crippen molar-refractivity contribution in [3.05, 3.63) is 72.8 Å². The number of methoxy groups -OCH3 is 2. The second-order valence-corrected chi connectivity index (χ2v) is 9.68. The number of rotatable bonds is 8. The van der Waals surface area contributed by atoms with E-state index in [4.69, 9.17) is 9.47 Å². The molecule has 0 saturated heterocycles. The summed E-state index contributed by atoms with van der Waals surface area (Å²) in [5.74, 6) is 0.703. The Bertz CT molecular complexity index is 1400. The molecule has 0 spiro atoms. The number of imidazole rings is 1. The SMILES string of the molecule is COc1ccc(OC)c(NC(=O)CSc2[nH]c3ccccc3[n+]2S(=O)(=O)c2ccccc2)c1. The molecule has 3 aromatic carbocycles. The van der Waals surface area contributed by atoms with Gasteiger partial charge in [-0.05, 0) is 48.2 Å². The topological polar surface area (TPSA) is 101 Å². The minimum atomic E-state index is -3.88. The Morgan fingerprint density at radius 1 is 1.00 bits per heavy atom. The minimum Gasteiger partial charge on any atom is -0.497 e. The molecule has 0 radical (unpaired) electrons. The number of ether oxygens (including phenoxy) is 2. The molecule has 0 bridgehead atoms. The highest BCUT2D eigenvalue weighted by molar-refractivity contribution is 8.00. The monoisotopic (exact) mass is 484 g/mol. The smallest absolute Gasteiger partial charge is 0.336 e. The van der Waals surface area contributed by atoms with Crippen molar-refractivity contribution in [1.82, 2.24) is 4.98 Å². The summed E-state index contributed by atoms with van der Waals surface area (Å²) in [5.41, 5.74) is 1.61. The van der Waals surface area contributed by atoms with Crippen LogP contribution in [0, 0.1) is 0 Å². The first-order valence-electron chi connectivity index (χ1n) is 9.92. The summed E-state index contributed by atoms with van der Waals surface area (Å²) in [7, 11) is -0.842. The van der Waals surface area contributed by atoms with Crippen molar-refractivity contribution in [2.75, 3.05) is 25.3 Å². The highest BCUT2D eigenvalue weighted by Gasteiger charge is 2.32. The van der Waals surface area contributed by atoms with E-state index in [1.54, 1.807) is 66.7 Å². The number of aromatic nitrogens is 2. The number of H-pyrrole nitrogens is 1. The highest BCUT2D eigenvalue weighted by Crippen LogP contribution is 2.29. The molecule has 0 aliphatic carbocycles. The summed E-state index contributed by atoms with van der Waals surface area (Å²) < 4.78 is 38.6. The Labute approximate surface area is 195 Å². The van der Waals surface area contributed by atoms with Crippen LogP contribution in [0.3, 0.4) is 0 Å². The number of aromatic amines is 1. The maximum absolute atomic E-state index is 13.4. The average Bonchev–Trinajstić information content (AvgIpc) is 3.22. The molecule has 1 amide bonds. The van der Waals surface area contributed by atoms with Gasteiger partial charge in [0.25, 0.3) is 0 Å². The predicted octanol–water partition coefficient (Wildman–Crippen LogP) is 3.44. The summed E-state index contributed by atoms with van der Waals surface area (Å²) in [6, 6.07) is 20.3. The van der Waals surface area contributed by atoms with E-state index in [0.717, 1.165) is 11.8 Å². The fourth-order valence-electron chi connectivity index (χ4n) is 3.29. The molecular weight excluding hydrogens is 462 g/mol. The van der Waals surface area contributed by atoms with E-state index < -0.39 is 10.0 Å². The normalized spacial score (nSPS) is 11.3. The molecule has 4 rings (SSSR count). The van der Waals surface area contributed by atoms with Gasteiger partial charge in [-0.1, -0.05) is 30.3 Å². The van der Waals surface area contributed by atoms with Crippen LogP contribution < -0.4 is 18.8 Å². The molecule has 10 heteroatoms. The van der Waals surface area contributed by atoms with E-state index in [9.17, 15) is 13.2 Å². The van der Waals surface area contributed by atoms with Crippen molar-refractivity contribution in [1.29, 1.82) is 0 Å². The predicted molar refractivity (Wildman–Crippen MR) is 126 cm³/mol. The molecule has 0 saturated carbocycles. The lowest BCUT2D eigenvalue weighted by Gasteiger charge is -2.11. The van der Waals surface area contributed by atoms with Crippen molar-refractivity contribution in [2.45, 2.75) is 10.1 Å². The van der Waals surface area contributed by atoms with E-state index in [1.165, 1.54) is 18.2 Å². The van der Waals surface area contributed by atoms with Gasteiger partial charge in [-0.2, -0.15) is 8.42 Å². The van der Waals surface area contributed by atoms with Gasteiger partial charge >= 0.3 is 15.2 Å². The molecule has 33 heavy (non-hydrogen) atoms. The van der Waals surface area contributed by atoms with Crippen molar-refractivity contribution in [2.24, 2.45) is 0 Å². The molecule has 170 valence electrons. The number of hydrogen-bond donors (Lipinski definition) is 2. The third kappa shape index (κ3) is 4.67. The largest absolute Gasteiger partial charge is 0.497 e. The first-order chi connectivity index (χ1) is 15.9. The number of para-hydroxylation sites is 2. The lowest BCUT2D eigenvalue weighted by Crippen LogP contribution is -2.44. The van der Waals surface area contributed by atoms with Crippen LogP contribution in [0.5, 0.6) is 11.5 Å². The zero-order valence-electron chi connectivity index (χ0n) is 17.9. The van der Waals surface area contributed by atoms with Crippen LogP contribution in [0.2, 0.25) is 0 Å². The number of nitrogens with zero attached hydrogens (tertiary/aromatic N) is 1. The zero-order chi connectivity index (χ0) is 23.4. The fourth-order valence-corrected chi connectivity index (χ4v) is 5.88. The molecule has 0 fully saturated rings. The Morgan fingerprint density at radius 2 is 1.73 bits per heavy atom. The van der Waals surface area contributed by atoms with Gasteiger partial charge in [-0.25, -0.2) is 4.98 Å². The van der Waals surface area contributed by atoms with E-state index in [-0.39, 0.29) is 16.6 Å². The van der Waals surface area contributed by atoms with Gasteiger partial charge in [0.1, 0.15) is 16.4 Å². The highest BCUT2D eigenvalue weighted by atomic mass is 32.2. The second kappa shape index (κ2) is 9.55. The minimum absolute atomic E-state index is 0.0303. The van der Waals surface area contributed by atoms with Gasteiger partial charge in [0, 0.05) is 6.07 Å². The second-order valence-electron chi connectivity index (χ2n) is 6.93. The Morgan fingerprint density at radius 3 is 2.45 bits per heavy atom. The number of hydrogen-bond acceptors (Lipinski definition) is 6. The van der Waals surface area contributed by atoms with Crippen molar-refractivity contribution in [3.8, 4) is 11.5 Å². The van der Waals surface area contributed by atoms with E-state index in [1.807, 2.05) is 6.07 Å². The number of carbonyl (C=O) groups is 1. The average molecular weight is 485 g/mol. The molecule has 4 aromatic rings. The lowest BCUT2D eigenvalue weighted by atomic mass is 10.2. The molecule has 2 N–H and O–H groups in total. The van der Waals surface area contributed by atoms with Crippen LogP contribution in [0.1, 0.15) is 0 Å². The maximum atomic E-state index is 13.4. The standard InChI is InChI=1S/C23H21N3O5S2/c1-30-16-12-13-21(31-2)19(14-16)24-22(27)15-32-23-25-18-10-6-7-11-20(18)26(23)33(28,29)17-8-4-3-5-9-17/h3-14H,15H2,1-2H3,(H,24,27)/p+1. The maximum Gasteiger partial charge on any atom is 0.336 e. The Hall–Kier alpha value is -3.50. The number of nitrogens with one attached hydrogen (secondary N) is 2. The van der Waals surface area contributed by atoms with Crippen LogP contribution in [0.4, 0.5) is 5.69 Å². The number of carbonyl (C=O) groups excluding carboxylic acids is 1. The molecule has 0 atom stereocenters. The fraction of sp³-hybridized carbons (Fsp3) is 0.130. The first-order valence-corrected chi connectivity index (χ1v) is 12.3. The zero-order valence-corrected chi connectivity index (χ0v) is 19.6. The Kier molecular flexibility index (Phi) is 6.57. The molecule has 0 aliphatic heterocycles. The summed E-state index contributed by atoms with van der Waals surface area (Å²) in [6.07, 6.45) is 0. The van der Waals surface area contributed by atoms with Gasteiger partial charge in [-0.15, -0.1) is 3.97 Å². The molecule has 1 heterocycles. The van der Waals surface area contributed by atoms with Crippen LogP contribution in [0.15, 0.2) is 82.8 Å². The summed E-state index contributed by atoms with van der Waals surface area (Å²) in [4.78, 5) is 16.0. The van der Waals surface area contributed by atoms with Crippen molar-refractivity contribution >= 4 is 44.4 Å². The van der Waals surface area contributed by atoms with Crippen LogP contribution >= 0.6 is 11.8 Å². The van der Waals surface area contributed by atoms with E-state index in [0.29, 0.717) is 33.4 Å². The van der Waals surface area contributed by atoms with Crippen molar-refractivity contribution in [3.63, 3.8) is 0 Å². The van der Waals surface area contributed by atoms with E-state index in [2.05, 4.69) is 10.3 Å².